The summed E-state index contributed by atoms with van der Waals surface area (Å²) in [5.74, 6) is -2.16. The van der Waals surface area contributed by atoms with Gasteiger partial charge in [-0.05, 0) is 43.0 Å². The minimum atomic E-state index is -4.23. The molecule has 1 heterocycles. The van der Waals surface area contributed by atoms with Crippen molar-refractivity contribution in [3.05, 3.63) is 41.1 Å². The van der Waals surface area contributed by atoms with Gasteiger partial charge in [-0.2, -0.15) is 13.2 Å². The largest absolute Gasteiger partial charge is 0.497 e. The van der Waals surface area contributed by atoms with Crippen LogP contribution in [0.25, 0.3) is 16.5 Å². The van der Waals surface area contributed by atoms with E-state index >= 15 is 0 Å². The van der Waals surface area contributed by atoms with Crippen LogP contribution in [0.1, 0.15) is 46.8 Å². The Morgan fingerprint density at radius 2 is 2.06 bits per heavy atom. The number of methoxy groups -OCH3 is 2. The number of halogens is 3. The lowest BCUT2D eigenvalue weighted by molar-refractivity contribution is -0.175. The number of carbonyl (C=O) groups excluding carboxylic acids is 1. The smallest absolute Gasteiger partial charge is 0.392 e. The summed E-state index contributed by atoms with van der Waals surface area (Å²) in [6, 6.07) is 4.99. The Labute approximate surface area is 177 Å². The number of amides is 1. The molecule has 0 saturated heterocycles. The zero-order chi connectivity index (χ0) is 22.8. The topological polar surface area (TPSA) is 94.7 Å². The average molecular weight is 438 g/mol. The molecule has 31 heavy (non-hydrogen) atoms. The summed E-state index contributed by atoms with van der Waals surface area (Å²) in [5.41, 5.74) is 7.88. The van der Waals surface area contributed by atoms with Gasteiger partial charge in [-0.15, -0.1) is 0 Å². The molecule has 1 aromatic heterocycles. The standard InChI is InChI=1S/C22H25F3N2O4/c1-30-11-14(10-28)20-18(21(26)29)8-13-7-16(31-2)9-17(19(13)27-20)12-3-5-15(6-4-12)22(23,24)25/h3,7-9,14-15,28H,4-6,10-11H2,1-2H3,(H2,26,29)/t14-,15?/m0/s1. The van der Waals surface area contributed by atoms with Gasteiger partial charge in [0.05, 0.1) is 43.0 Å². The Kier molecular flexibility index (Phi) is 6.86. The second-order valence-electron chi connectivity index (χ2n) is 7.61. The number of ether oxygens (including phenoxy) is 2. The predicted octanol–water partition coefficient (Wildman–Crippen LogP) is 3.81. The van der Waals surface area contributed by atoms with Gasteiger partial charge < -0.3 is 20.3 Å². The molecule has 0 aliphatic heterocycles. The van der Waals surface area contributed by atoms with Crippen LogP contribution in [0.4, 0.5) is 13.2 Å². The number of carbonyl (C=O) groups is 1. The number of alkyl halides is 3. The molecule has 0 spiro atoms. The van der Waals surface area contributed by atoms with Crippen molar-refractivity contribution >= 4 is 22.4 Å². The number of aromatic nitrogens is 1. The molecule has 9 heteroatoms. The molecule has 1 unspecified atom stereocenters. The normalized spacial score (nSPS) is 18.0. The molecule has 1 aliphatic rings. The summed E-state index contributed by atoms with van der Waals surface area (Å²) >= 11 is 0. The maximum Gasteiger partial charge on any atom is 0.392 e. The van der Waals surface area contributed by atoms with Crippen molar-refractivity contribution in [1.82, 2.24) is 4.98 Å². The number of nitrogens with two attached hydrogens (primary N) is 1. The fraction of sp³-hybridized carbons (Fsp3) is 0.455. The van der Waals surface area contributed by atoms with Crippen LogP contribution in [-0.4, -0.2) is 49.6 Å². The van der Waals surface area contributed by atoms with E-state index in [0.717, 1.165) is 5.57 Å². The molecule has 0 fully saturated rings. The number of hydrogen-bond acceptors (Lipinski definition) is 5. The number of aliphatic hydroxyl groups is 1. The Morgan fingerprint density at radius 1 is 1.32 bits per heavy atom. The van der Waals surface area contributed by atoms with Crippen molar-refractivity contribution in [1.29, 1.82) is 0 Å². The highest BCUT2D eigenvalue weighted by Crippen LogP contribution is 2.41. The quantitative estimate of drug-likeness (QED) is 0.686. The van der Waals surface area contributed by atoms with Gasteiger partial charge in [0.25, 0.3) is 5.91 Å². The van der Waals surface area contributed by atoms with Crippen molar-refractivity contribution in [3.63, 3.8) is 0 Å². The van der Waals surface area contributed by atoms with Gasteiger partial charge in [0.2, 0.25) is 0 Å². The van der Waals surface area contributed by atoms with Crippen LogP contribution >= 0.6 is 0 Å². The van der Waals surface area contributed by atoms with Crippen molar-refractivity contribution in [2.24, 2.45) is 11.7 Å². The lowest BCUT2D eigenvalue weighted by atomic mass is 9.85. The highest BCUT2D eigenvalue weighted by Gasteiger charge is 2.40. The SMILES string of the molecule is COC[C@H](CO)c1nc2c(C3=CCC(C(F)(F)F)CC3)cc(OC)cc2cc1C(N)=O. The number of allylic oxidation sites excluding steroid dienone is 2. The van der Waals surface area contributed by atoms with Gasteiger partial charge in [0.15, 0.2) is 0 Å². The molecule has 3 N–H and O–H groups in total. The molecule has 0 saturated carbocycles. The summed E-state index contributed by atoms with van der Waals surface area (Å²) in [5, 5.41) is 10.4. The molecule has 1 aliphatic carbocycles. The van der Waals surface area contributed by atoms with E-state index in [4.69, 9.17) is 15.2 Å². The average Bonchev–Trinajstić information content (AvgIpc) is 2.75. The van der Waals surface area contributed by atoms with Gasteiger partial charge in [-0.1, -0.05) is 6.08 Å². The molecule has 168 valence electrons. The highest BCUT2D eigenvalue weighted by molar-refractivity contribution is 6.00. The maximum absolute atomic E-state index is 13.1. The predicted molar refractivity (Wildman–Crippen MR) is 110 cm³/mol. The Balaban J connectivity index is 2.19. The van der Waals surface area contributed by atoms with E-state index in [0.29, 0.717) is 27.9 Å². The lowest BCUT2D eigenvalue weighted by Gasteiger charge is -2.25. The summed E-state index contributed by atoms with van der Waals surface area (Å²) in [6.07, 6.45) is -2.51. The maximum atomic E-state index is 13.1. The van der Waals surface area contributed by atoms with Crippen LogP contribution in [0.5, 0.6) is 5.75 Å². The van der Waals surface area contributed by atoms with Crippen LogP contribution in [-0.2, 0) is 4.74 Å². The second-order valence-corrected chi connectivity index (χ2v) is 7.61. The van der Waals surface area contributed by atoms with E-state index in [1.807, 2.05) is 0 Å². The van der Waals surface area contributed by atoms with Crippen LogP contribution in [0.15, 0.2) is 24.3 Å². The lowest BCUT2D eigenvalue weighted by Crippen LogP contribution is -2.24. The van der Waals surface area contributed by atoms with Gasteiger partial charge in [0, 0.05) is 24.0 Å². The molecule has 0 bridgehead atoms. The number of fused-ring (bicyclic) bond motifs is 1. The van der Waals surface area contributed by atoms with Gasteiger partial charge >= 0.3 is 6.18 Å². The highest BCUT2D eigenvalue weighted by atomic mass is 19.4. The van der Waals surface area contributed by atoms with Gasteiger partial charge in [0.1, 0.15) is 5.75 Å². The van der Waals surface area contributed by atoms with Crippen molar-refractivity contribution in [2.45, 2.75) is 31.4 Å². The van der Waals surface area contributed by atoms with E-state index in [9.17, 15) is 23.1 Å². The minimum Gasteiger partial charge on any atom is -0.497 e. The molecule has 1 amide bonds. The zero-order valence-electron chi connectivity index (χ0n) is 17.3. The Morgan fingerprint density at radius 3 is 2.58 bits per heavy atom. The third-order valence-corrected chi connectivity index (χ3v) is 5.62. The molecule has 3 rings (SSSR count). The van der Waals surface area contributed by atoms with E-state index in [1.54, 1.807) is 24.3 Å². The summed E-state index contributed by atoms with van der Waals surface area (Å²) in [7, 11) is 2.95. The molecule has 2 atom stereocenters. The number of hydrogen-bond donors (Lipinski definition) is 2. The molecular formula is C22H25F3N2O4. The number of rotatable bonds is 7. The van der Waals surface area contributed by atoms with Crippen molar-refractivity contribution in [3.8, 4) is 5.75 Å². The fourth-order valence-corrected chi connectivity index (χ4v) is 3.94. The first-order valence-electron chi connectivity index (χ1n) is 9.88. The first-order valence-corrected chi connectivity index (χ1v) is 9.88. The molecule has 1 aromatic carbocycles. The van der Waals surface area contributed by atoms with Crippen LogP contribution < -0.4 is 10.5 Å². The second kappa shape index (κ2) is 9.23. The summed E-state index contributed by atoms with van der Waals surface area (Å²) in [4.78, 5) is 16.7. The van der Waals surface area contributed by atoms with Crippen LogP contribution in [0, 0.1) is 5.92 Å². The fourth-order valence-electron chi connectivity index (χ4n) is 3.94. The van der Waals surface area contributed by atoms with Crippen LogP contribution in [0.2, 0.25) is 0 Å². The van der Waals surface area contributed by atoms with E-state index < -0.39 is 23.9 Å². The minimum absolute atomic E-state index is 0.0107. The summed E-state index contributed by atoms with van der Waals surface area (Å²) < 4.78 is 49.7. The molecule has 6 nitrogen and oxygen atoms in total. The monoisotopic (exact) mass is 438 g/mol. The number of pyridine rings is 1. The number of benzene rings is 1. The van der Waals surface area contributed by atoms with E-state index in [2.05, 4.69) is 4.98 Å². The van der Waals surface area contributed by atoms with Gasteiger partial charge in [-0.3, -0.25) is 9.78 Å². The zero-order valence-corrected chi connectivity index (χ0v) is 17.3. The Hall–Kier alpha value is -2.65. The molecule has 0 radical (unpaired) electrons. The number of nitrogens with zero attached hydrogens (tertiary/aromatic N) is 1. The summed E-state index contributed by atoms with van der Waals surface area (Å²) in [6.45, 7) is -0.190. The van der Waals surface area contributed by atoms with Crippen molar-refractivity contribution in [2.75, 3.05) is 27.4 Å². The molecule has 2 aromatic rings. The van der Waals surface area contributed by atoms with Crippen LogP contribution in [0.3, 0.4) is 0 Å². The number of aliphatic hydroxyl groups excluding tert-OH is 1. The van der Waals surface area contributed by atoms with Gasteiger partial charge in [-0.25, -0.2) is 0 Å². The first kappa shape index (κ1) is 23.0. The third-order valence-electron chi connectivity index (χ3n) is 5.62. The van der Waals surface area contributed by atoms with Crippen molar-refractivity contribution < 1.29 is 32.5 Å². The number of primary amides is 1. The van der Waals surface area contributed by atoms with E-state index in [-0.39, 0.29) is 38.0 Å². The third kappa shape index (κ3) is 4.83. The first-order chi connectivity index (χ1) is 14.7. The molecular weight excluding hydrogens is 413 g/mol. The van der Waals surface area contributed by atoms with E-state index in [1.165, 1.54) is 14.2 Å². The Bertz CT molecular complexity index is 1000.